The Hall–Kier alpha value is -4.32. The van der Waals surface area contributed by atoms with Gasteiger partial charge >= 0.3 is 0 Å². The van der Waals surface area contributed by atoms with E-state index in [1.165, 1.54) is 25.1 Å². The van der Waals surface area contributed by atoms with Crippen molar-refractivity contribution in [3.8, 4) is 17.0 Å². The van der Waals surface area contributed by atoms with E-state index in [9.17, 15) is 17.6 Å². The highest BCUT2D eigenvalue weighted by Crippen LogP contribution is 2.34. The summed E-state index contributed by atoms with van der Waals surface area (Å²) in [6, 6.07) is 10.4. The molecular formula is C25H25FN6O4S. The van der Waals surface area contributed by atoms with Crippen LogP contribution in [-0.2, 0) is 23.1 Å². The Morgan fingerprint density at radius 3 is 2.54 bits per heavy atom. The summed E-state index contributed by atoms with van der Waals surface area (Å²) in [6.07, 6.45) is 3.48. The smallest absolute Gasteiger partial charge is 0.252 e. The van der Waals surface area contributed by atoms with Gasteiger partial charge in [-0.05, 0) is 43.7 Å². The van der Waals surface area contributed by atoms with Crippen LogP contribution in [0, 0.1) is 12.7 Å². The Morgan fingerprint density at radius 2 is 1.89 bits per heavy atom. The van der Waals surface area contributed by atoms with Crippen LogP contribution in [0.3, 0.4) is 0 Å². The van der Waals surface area contributed by atoms with E-state index in [2.05, 4.69) is 24.9 Å². The van der Waals surface area contributed by atoms with Crippen LogP contribution < -0.4 is 15.2 Å². The summed E-state index contributed by atoms with van der Waals surface area (Å²) in [4.78, 5) is 20.9. The van der Waals surface area contributed by atoms with Gasteiger partial charge in [0.1, 0.15) is 23.9 Å². The number of rotatable bonds is 10. The lowest BCUT2D eigenvalue weighted by atomic mass is 10.0. The molecule has 37 heavy (non-hydrogen) atoms. The second-order valence-corrected chi connectivity index (χ2v) is 10.3. The molecule has 0 atom stereocenters. The molecule has 2 aromatic heterocycles. The van der Waals surface area contributed by atoms with Gasteiger partial charge in [0.15, 0.2) is 0 Å². The largest absolute Gasteiger partial charge is 0.487 e. The van der Waals surface area contributed by atoms with Crippen LogP contribution >= 0.6 is 0 Å². The average Bonchev–Trinajstić information content (AvgIpc) is 3.29. The molecule has 2 aromatic carbocycles. The minimum absolute atomic E-state index is 0.0468. The molecule has 0 bridgehead atoms. The van der Waals surface area contributed by atoms with E-state index < -0.39 is 15.9 Å². The Kier molecular flexibility index (Phi) is 7.48. The van der Waals surface area contributed by atoms with E-state index in [0.717, 1.165) is 5.69 Å². The highest BCUT2D eigenvalue weighted by molar-refractivity contribution is 7.92. The second kappa shape index (κ2) is 10.7. The van der Waals surface area contributed by atoms with E-state index in [1.54, 1.807) is 36.7 Å². The van der Waals surface area contributed by atoms with Gasteiger partial charge in [-0.2, -0.15) is 5.10 Å². The number of benzene rings is 2. The van der Waals surface area contributed by atoms with Crippen LogP contribution in [0.2, 0.25) is 0 Å². The van der Waals surface area contributed by atoms with Crippen molar-refractivity contribution >= 4 is 21.6 Å². The van der Waals surface area contributed by atoms with Gasteiger partial charge in [0.05, 0.1) is 34.1 Å². The van der Waals surface area contributed by atoms with Crippen molar-refractivity contribution in [3.05, 3.63) is 88.9 Å². The quantitative estimate of drug-likeness (QED) is 0.288. The van der Waals surface area contributed by atoms with Crippen molar-refractivity contribution in [2.24, 2.45) is 5.73 Å². The van der Waals surface area contributed by atoms with Crippen LogP contribution in [0.4, 0.5) is 10.1 Å². The number of anilines is 1. The lowest BCUT2D eigenvalue weighted by Gasteiger charge is -2.15. The molecule has 2 heterocycles. The first-order chi connectivity index (χ1) is 17.6. The zero-order valence-electron chi connectivity index (χ0n) is 20.2. The first-order valence-electron chi connectivity index (χ1n) is 11.3. The molecule has 0 aliphatic rings. The molecule has 0 spiro atoms. The van der Waals surface area contributed by atoms with E-state index in [0.29, 0.717) is 22.5 Å². The second-order valence-electron chi connectivity index (χ2n) is 8.25. The van der Waals surface area contributed by atoms with Gasteiger partial charge < -0.3 is 10.5 Å². The number of halogens is 1. The molecule has 1 amide bonds. The molecule has 0 fully saturated rings. The number of nitrogens with zero attached hydrogens (tertiary/aromatic N) is 3. The molecule has 0 aliphatic heterocycles. The van der Waals surface area contributed by atoms with E-state index in [1.807, 2.05) is 6.92 Å². The number of carbonyl (C=O) groups excluding carboxylic acids is 1. The van der Waals surface area contributed by atoms with Crippen molar-refractivity contribution in [3.63, 3.8) is 0 Å². The predicted octanol–water partition coefficient (Wildman–Crippen LogP) is 3.34. The lowest BCUT2D eigenvalue weighted by Crippen LogP contribution is -2.16. The minimum Gasteiger partial charge on any atom is -0.487 e. The SMILES string of the molecule is CCS(=O)(=O)Nc1ccc(-c2n[nH]c(Cc3cnc(C)cn3)c2C(N)=O)cc1OCc1ccc(F)cc1. The molecular weight excluding hydrogens is 499 g/mol. The van der Waals surface area contributed by atoms with Crippen LogP contribution in [0.15, 0.2) is 54.9 Å². The van der Waals surface area contributed by atoms with Crippen LogP contribution in [0.25, 0.3) is 11.3 Å². The molecule has 0 aliphatic carbocycles. The number of nitrogens with one attached hydrogen (secondary N) is 2. The summed E-state index contributed by atoms with van der Waals surface area (Å²) in [5.41, 5.74) is 9.35. The maximum absolute atomic E-state index is 13.3. The zero-order chi connectivity index (χ0) is 26.6. The number of carbonyl (C=O) groups is 1. The Bertz CT molecular complexity index is 1520. The van der Waals surface area contributed by atoms with Gasteiger partial charge in [0.2, 0.25) is 10.0 Å². The predicted molar refractivity (Wildman–Crippen MR) is 136 cm³/mol. The third-order valence-electron chi connectivity index (χ3n) is 5.49. The third-order valence-corrected chi connectivity index (χ3v) is 6.78. The zero-order valence-corrected chi connectivity index (χ0v) is 21.0. The van der Waals surface area contributed by atoms with Crippen molar-refractivity contribution in [1.29, 1.82) is 0 Å². The van der Waals surface area contributed by atoms with Gasteiger partial charge in [-0.15, -0.1) is 0 Å². The normalized spacial score (nSPS) is 11.3. The first-order valence-corrected chi connectivity index (χ1v) is 13.0. The molecule has 0 saturated carbocycles. The molecule has 4 rings (SSSR count). The third kappa shape index (κ3) is 6.28. The fraction of sp³-hybridized carbons (Fsp3) is 0.200. The number of aromatic amines is 1. The average molecular weight is 525 g/mol. The molecule has 4 aromatic rings. The van der Waals surface area contributed by atoms with E-state index in [-0.39, 0.29) is 47.3 Å². The number of H-pyrrole nitrogens is 1. The van der Waals surface area contributed by atoms with Gasteiger partial charge in [0, 0.05) is 24.4 Å². The fourth-order valence-corrected chi connectivity index (χ4v) is 4.17. The molecule has 12 heteroatoms. The Morgan fingerprint density at radius 1 is 1.14 bits per heavy atom. The molecule has 0 radical (unpaired) electrons. The fourth-order valence-electron chi connectivity index (χ4n) is 3.53. The first kappa shape index (κ1) is 25.8. The maximum atomic E-state index is 13.3. The Balaban J connectivity index is 1.70. The van der Waals surface area contributed by atoms with Crippen LogP contribution in [-0.4, -0.2) is 40.2 Å². The van der Waals surface area contributed by atoms with Gasteiger partial charge in [-0.25, -0.2) is 12.8 Å². The number of nitrogens with two attached hydrogens (primary N) is 1. The Labute approximate surface area is 213 Å². The summed E-state index contributed by atoms with van der Waals surface area (Å²) in [5, 5.41) is 7.16. The number of amides is 1. The van der Waals surface area contributed by atoms with Gasteiger partial charge in [-0.1, -0.05) is 18.2 Å². The standard InChI is InChI=1S/C25H25FN6O4S/c1-3-37(34,35)32-20-9-6-17(10-22(20)36-14-16-4-7-18(26)8-5-16)24-23(25(27)33)21(30-31-24)11-19-13-28-15(2)12-29-19/h4-10,12-13,32H,3,11,14H2,1-2H3,(H2,27,33)(H,30,31). The van der Waals surface area contributed by atoms with Gasteiger partial charge in [0.25, 0.3) is 5.91 Å². The minimum atomic E-state index is -3.60. The maximum Gasteiger partial charge on any atom is 0.252 e. The molecule has 10 nitrogen and oxygen atoms in total. The number of primary amides is 1. The van der Waals surface area contributed by atoms with E-state index >= 15 is 0 Å². The topological polar surface area (TPSA) is 153 Å². The molecule has 0 unspecified atom stereocenters. The number of hydrogen-bond donors (Lipinski definition) is 3. The van der Waals surface area contributed by atoms with Crippen molar-refractivity contribution in [2.45, 2.75) is 26.9 Å². The monoisotopic (exact) mass is 524 g/mol. The number of ether oxygens (including phenoxy) is 1. The summed E-state index contributed by atoms with van der Waals surface area (Å²) in [6.45, 7) is 3.38. The molecule has 0 saturated heterocycles. The van der Waals surface area contributed by atoms with Crippen molar-refractivity contribution in [1.82, 2.24) is 20.2 Å². The van der Waals surface area contributed by atoms with Crippen LogP contribution in [0.1, 0.15) is 39.9 Å². The van der Waals surface area contributed by atoms with Gasteiger partial charge in [-0.3, -0.25) is 24.6 Å². The number of sulfonamides is 1. The van der Waals surface area contributed by atoms with Crippen LogP contribution in [0.5, 0.6) is 5.75 Å². The summed E-state index contributed by atoms with van der Waals surface area (Å²) < 4.78 is 46.1. The summed E-state index contributed by atoms with van der Waals surface area (Å²) in [5.74, 6) is -1.01. The van der Waals surface area contributed by atoms with Crippen molar-refractivity contribution in [2.75, 3.05) is 10.5 Å². The number of aryl methyl sites for hydroxylation is 1. The number of hydrogen-bond acceptors (Lipinski definition) is 7. The summed E-state index contributed by atoms with van der Waals surface area (Å²) >= 11 is 0. The van der Waals surface area contributed by atoms with E-state index in [4.69, 9.17) is 10.5 Å². The summed E-state index contributed by atoms with van der Waals surface area (Å²) in [7, 11) is -3.60. The molecule has 4 N–H and O–H groups in total. The highest BCUT2D eigenvalue weighted by Gasteiger charge is 2.22. The highest BCUT2D eigenvalue weighted by atomic mass is 32.2. The molecule has 192 valence electrons. The van der Waals surface area contributed by atoms with Crippen molar-refractivity contribution < 1.29 is 22.3 Å². The number of aromatic nitrogens is 4. The lowest BCUT2D eigenvalue weighted by molar-refractivity contribution is 0.1000.